The molecule has 4 nitrogen and oxygen atoms in total. The van der Waals surface area contributed by atoms with Gasteiger partial charge in [0, 0.05) is 29.4 Å². The van der Waals surface area contributed by atoms with Gasteiger partial charge in [0.05, 0.1) is 11.9 Å². The van der Waals surface area contributed by atoms with Gasteiger partial charge in [-0.05, 0) is 49.6 Å². The normalized spacial score (nSPS) is 21.8. The first-order valence-corrected chi connectivity index (χ1v) is 7.87. The van der Waals surface area contributed by atoms with Gasteiger partial charge < -0.3 is 11.1 Å². The lowest BCUT2D eigenvalue weighted by atomic mass is 10.0. The number of hydrogen-bond donors (Lipinski definition) is 2. The standard InChI is InChI=1S/C16H21ClN4/c17-14-4-6-15(7-5-14)21-11-12(10-20-21)9-19-16-3-1-2-13(16)8-18/h4-7,10-11,13,16,19H,1-3,8-9,18H2. The van der Waals surface area contributed by atoms with Crippen LogP contribution in [0.5, 0.6) is 0 Å². The minimum absolute atomic E-state index is 0.550. The third-order valence-electron chi connectivity index (χ3n) is 4.26. The topological polar surface area (TPSA) is 55.9 Å². The van der Waals surface area contributed by atoms with Crippen molar-refractivity contribution in [3.63, 3.8) is 0 Å². The van der Waals surface area contributed by atoms with E-state index in [1.165, 1.54) is 24.8 Å². The highest BCUT2D eigenvalue weighted by molar-refractivity contribution is 6.30. The second kappa shape index (κ2) is 6.60. The van der Waals surface area contributed by atoms with Crippen LogP contribution in [0.25, 0.3) is 5.69 Å². The van der Waals surface area contributed by atoms with E-state index < -0.39 is 0 Å². The van der Waals surface area contributed by atoms with Crippen LogP contribution in [0.3, 0.4) is 0 Å². The monoisotopic (exact) mass is 304 g/mol. The van der Waals surface area contributed by atoms with Gasteiger partial charge in [-0.1, -0.05) is 18.0 Å². The maximum atomic E-state index is 5.90. The molecular weight excluding hydrogens is 284 g/mol. The van der Waals surface area contributed by atoms with Crippen molar-refractivity contribution in [3.8, 4) is 5.69 Å². The Balaban J connectivity index is 1.61. The van der Waals surface area contributed by atoms with Crippen LogP contribution in [0.2, 0.25) is 5.02 Å². The van der Waals surface area contributed by atoms with Crippen LogP contribution in [0, 0.1) is 5.92 Å². The SMILES string of the molecule is NCC1CCCC1NCc1cnn(-c2ccc(Cl)cc2)c1. The van der Waals surface area contributed by atoms with Gasteiger partial charge in [0.15, 0.2) is 0 Å². The minimum atomic E-state index is 0.550. The van der Waals surface area contributed by atoms with Gasteiger partial charge in [-0.2, -0.15) is 5.10 Å². The van der Waals surface area contributed by atoms with E-state index in [4.69, 9.17) is 17.3 Å². The largest absolute Gasteiger partial charge is 0.330 e. The van der Waals surface area contributed by atoms with Gasteiger partial charge in [-0.3, -0.25) is 0 Å². The highest BCUT2D eigenvalue weighted by Gasteiger charge is 2.25. The number of nitrogens with zero attached hydrogens (tertiary/aromatic N) is 2. The Morgan fingerprint density at radius 3 is 2.86 bits per heavy atom. The predicted octanol–water partition coefficient (Wildman–Crippen LogP) is 2.74. The molecule has 1 saturated carbocycles. The lowest BCUT2D eigenvalue weighted by Gasteiger charge is -2.18. The van der Waals surface area contributed by atoms with E-state index in [1.54, 1.807) is 0 Å². The number of benzene rings is 1. The Bertz CT molecular complexity index is 578. The molecule has 21 heavy (non-hydrogen) atoms. The van der Waals surface area contributed by atoms with Crippen LogP contribution in [0.15, 0.2) is 36.7 Å². The molecule has 3 N–H and O–H groups in total. The lowest BCUT2D eigenvalue weighted by molar-refractivity contribution is 0.406. The zero-order valence-corrected chi connectivity index (χ0v) is 12.8. The molecule has 112 valence electrons. The van der Waals surface area contributed by atoms with E-state index in [9.17, 15) is 0 Å². The van der Waals surface area contributed by atoms with Crippen LogP contribution >= 0.6 is 11.6 Å². The summed E-state index contributed by atoms with van der Waals surface area (Å²) in [5.41, 5.74) is 8.03. The molecule has 1 aliphatic rings. The molecule has 5 heteroatoms. The molecule has 0 saturated heterocycles. The summed E-state index contributed by atoms with van der Waals surface area (Å²) in [6.45, 7) is 1.62. The van der Waals surface area contributed by atoms with Crippen molar-refractivity contribution in [2.45, 2.75) is 31.8 Å². The first-order chi connectivity index (χ1) is 10.3. The Morgan fingerprint density at radius 1 is 1.29 bits per heavy atom. The quantitative estimate of drug-likeness (QED) is 0.893. The molecule has 2 atom stereocenters. The van der Waals surface area contributed by atoms with Crippen molar-refractivity contribution in [2.75, 3.05) is 6.54 Å². The highest BCUT2D eigenvalue weighted by atomic mass is 35.5. The number of hydrogen-bond acceptors (Lipinski definition) is 3. The Kier molecular flexibility index (Phi) is 4.58. The fourth-order valence-corrected chi connectivity index (χ4v) is 3.15. The van der Waals surface area contributed by atoms with Gasteiger partial charge >= 0.3 is 0 Å². The molecule has 0 aliphatic heterocycles. The molecule has 0 bridgehead atoms. The summed E-state index contributed by atoms with van der Waals surface area (Å²) < 4.78 is 1.88. The van der Waals surface area contributed by atoms with Crippen LogP contribution in [0.4, 0.5) is 0 Å². The second-order valence-corrected chi connectivity index (χ2v) is 6.12. The van der Waals surface area contributed by atoms with E-state index in [2.05, 4.69) is 16.6 Å². The predicted molar refractivity (Wildman–Crippen MR) is 85.6 cm³/mol. The molecule has 3 rings (SSSR count). The molecule has 1 aromatic carbocycles. The Morgan fingerprint density at radius 2 is 2.10 bits per heavy atom. The molecule has 1 aliphatic carbocycles. The van der Waals surface area contributed by atoms with Crippen LogP contribution in [-0.4, -0.2) is 22.4 Å². The zero-order chi connectivity index (χ0) is 14.7. The van der Waals surface area contributed by atoms with E-state index in [0.717, 1.165) is 23.8 Å². The fourth-order valence-electron chi connectivity index (χ4n) is 3.02. The average Bonchev–Trinajstić information content (AvgIpc) is 3.14. The van der Waals surface area contributed by atoms with Gasteiger partial charge in [-0.15, -0.1) is 0 Å². The molecule has 1 heterocycles. The van der Waals surface area contributed by atoms with Crippen molar-refractivity contribution in [2.24, 2.45) is 11.7 Å². The Hall–Kier alpha value is -1.36. The molecule has 1 fully saturated rings. The number of nitrogens with one attached hydrogen (secondary N) is 1. The first-order valence-electron chi connectivity index (χ1n) is 7.49. The number of rotatable bonds is 5. The number of nitrogens with two attached hydrogens (primary N) is 1. The number of aromatic nitrogens is 2. The summed E-state index contributed by atoms with van der Waals surface area (Å²) >= 11 is 5.90. The molecule has 0 radical (unpaired) electrons. The van der Waals surface area contributed by atoms with Gasteiger partial charge in [0.2, 0.25) is 0 Å². The highest BCUT2D eigenvalue weighted by Crippen LogP contribution is 2.24. The van der Waals surface area contributed by atoms with Crippen LogP contribution in [-0.2, 0) is 6.54 Å². The summed E-state index contributed by atoms with van der Waals surface area (Å²) in [6, 6.07) is 8.23. The van der Waals surface area contributed by atoms with Crippen molar-refractivity contribution in [1.82, 2.24) is 15.1 Å². The van der Waals surface area contributed by atoms with E-state index in [-0.39, 0.29) is 0 Å². The smallest absolute Gasteiger partial charge is 0.0646 e. The lowest BCUT2D eigenvalue weighted by Crippen LogP contribution is -2.35. The van der Waals surface area contributed by atoms with Gasteiger partial charge in [0.25, 0.3) is 0 Å². The molecule has 0 amide bonds. The fraction of sp³-hybridized carbons (Fsp3) is 0.438. The van der Waals surface area contributed by atoms with Crippen LogP contribution < -0.4 is 11.1 Å². The van der Waals surface area contributed by atoms with E-state index in [1.807, 2.05) is 35.1 Å². The van der Waals surface area contributed by atoms with Crippen LogP contribution in [0.1, 0.15) is 24.8 Å². The Labute approximate surface area is 130 Å². The average molecular weight is 305 g/mol. The van der Waals surface area contributed by atoms with Crippen molar-refractivity contribution in [3.05, 3.63) is 47.2 Å². The molecule has 1 aromatic heterocycles. The van der Waals surface area contributed by atoms with Crippen molar-refractivity contribution in [1.29, 1.82) is 0 Å². The van der Waals surface area contributed by atoms with E-state index >= 15 is 0 Å². The molecule has 2 unspecified atom stereocenters. The summed E-state index contributed by atoms with van der Waals surface area (Å²) in [5, 5.41) is 8.77. The maximum Gasteiger partial charge on any atom is 0.0646 e. The first kappa shape index (κ1) is 14.6. The zero-order valence-electron chi connectivity index (χ0n) is 12.0. The maximum absolute atomic E-state index is 5.90. The third kappa shape index (κ3) is 3.46. The number of halogens is 1. The van der Waals surface area contributed by atoms with E-state index in [0.29, 0.717) is 12.0 Å². The minimum Gasteiger partial charge on any atom is -0.330 e. The van der Waals surface area contributed by atoms with Gasteiger partial charge in [-0.25, -0.2) is 4.68 Å². The summed E-state index contributed by atoms with van der Waals surface area (Å²) in [5.74, 6) is 0.622. The summed E-state index contributed by atoms with van der Waals surface area (Å²) in [4.78, 5) is 0. The summed E-state index contributed by atoms with van der Waals surface area (Å²) in [6.07, 6.45) is 7.73. The van der Waals surface area contributed by atoms with Crippen molar-refractivity contribution < 1.29 is 0 Å². The van der Waals surface area contributed by atoms with Crippen molar-refractivity contribution >= 4 is 11.6 Å². The second-order valence-electron chi connectivity index (χ2n) is 5.68. The summed E-state index contributed by atoms with van der Waals surface area (Å²) in [7, 11) is 0. The molecular formula is C16H21ClN4. The third-order valence-corrected chi connectivity index (χ3v) is 4.51. The molecule has 0 spiro atoms. The molecule has 2 aromatic rings. The van der Waals surface area contributed by atoms with Gasteiger partial charge in [0.1, 0.15) is 0 Å².